The number of carbonyl (C=O) groups excluding carboxylic acids is 1. The minimum Gasteiger partial charge on any atom is -0.336 e. The molecule has 0 N–H and O–H groups in total. The molecule has 1 atom stereocenters. The number of pyridine rings is 1. The number of aromatic nitrogens is 1. The molecule has 0 saturated carbocycles. The summed E-state index contributed by atoms with van der Waals surface area (Å²) in [4.78, 5) is 18.1. The Morgan fingerprint density at radius 1 is 1.62 bits per heavy atom. The Balaban J connectivity index is 2.12. The van der Waals surface area contributed by atoms with Crippen LogP contribution in [-0.4, -0.2) is 22.3 Å². The molecule has 1 aromatic rings. The van der Waals surface area contributed by atoms with Gasteiger partial charge in [-0.05, 0) is 30.9 Å². The second-order valence-corrected chi connectivity index (χ2v) is 4.28. The van der Waals surface area contributed by atoms with Crippen molar-refractivity contribution in [1.29, 1.82) is 0 Å². The van der Waals surface area contributed by atoms with Gasteiger partial charge in [-0.1, -0.05) is 13.0 Å². The van der Waals surface area contributed by atoms with Crippen molar-refractivity contribution in [3.8, 4) is 0 Å². The summed E-state index contributed by atoms with van der Waals surface area (Å²) in [6.07, 6.45) is 7.42. The van der Waals surface area contributed by atoms with Gasteiger partial charge in [0, 0.05) is 25.4 Å². The van der Waals surface area contributed by atoms with Gasteiger partial charge >= 0.3 is 0 Å². The van der Waals surface area contributed by atoms with Crippen LogP contribution in [0.3, 0.4) is 0 Å². The molecule has 3 heteroatoms. The van der Waals surface area contributed by atoms with E-state index in [0.717, 1.165) is 25.8 Å². The summed E-state index contributed by atoms with van der Waals surface area (Å²) in [6, 6.07) is 4.26. The molecule has 1 saturated heterocycles. The molecule has 1 aliphatic rings. The van der Waals surface area contributed by atoms with Gasteiger partial charge in [-0.2, -0.15) is 0 Å². The Labute approximate surface area is 96.5 Å². The largest absolute Gasteiger partial charge is 0.336 e. The maximum Gasteiger partial charge on any atom is 0.223 e. The monoisotopic (exact) mass is 218 g/mol. The Hall–Kier alpha value is -1.38. The normalized spacial score (nSPS) is 20.1. The van der Waals surface area contributed by atoms with Gasteiger partial charge in [0.15, 0.2) is 0 Å². The molecule has 1 aromatic heterocycles. The first-order valence-corrected chi connectivity index (χ1v) is 6.02. The Kier molecular flexibility index (Phi) is 3.54. The van der Waals surface area contributed by atoms with Crippen molar-refractivity contribution >= 4 is 5.91 Å². The summed E-state index contributed by atoms with van der Waals surface area (Å²) in [6.45, 7) is 2.95. The number of amides is 1. The molecule has 1 amide bonds. The van der Waals surface area contributed by atoms with Gasteiger partial charge in [0.2, 0.25) is 5.91 Å². The molecule has 2 heterocycles. The predicted octanol–water partition coefficient (Wildman–Crippen LogP) is 2.55. The van der Waals surface area contributed by atoms with Crippen LogP contribution in [0, 0.1) is 0 Å². The number of nitrogens with zero attached hydrogens (tertiary/aromatic N) is 2. The third kappa shape index (κ3) is 2.23. The molecular weight excluding hydrogens is 200 g/mol. The van der Waals surface area contributed by atoms with Crippen molar-refractivity contribution in [2.24, 2.45) is 0 Å². The average Bonchev–Trinajstić information content (AvgIpc) is 2.79. The van der Waals surface area contributed by atoms with Crippen molar-refractivity contribution in [3.63, 3.8) is 0 Å². The van der Waals surface area contributed by atoms with Gasteiger partial charge in [-0.3, -0.25) is 9.78 Å². The first kappa shape index (κ1) is 11.1. The van der Waals surface area contributed by atoms with Crippen LogP contribution in [0.25, 0.3) is 0 Å². The van der Waals surface area contributed by atoms with Crippen LogP contribution in [0.5, 0.6) is 0 Å². The highest BCUT2D eigenvalue weighted by atomic mass is 16.2. The molecule has 86 valence electrons. The topological polar surface area (TPSA) is 33.2 Å². The van der Waals surface area contributed by atoms with Crippen LogP contribution in [-0.2, 0) is 4.79 Å². The van der Waals surface area contributed by atoms with Crippen LogP contribution < -0.4 is 0 Å². The van der Waals surface area contributed by atoms with E-state index in [1.54, 1.807) is 6.20 Å². The van der Waals surface area contributed by atoms with Crippen LogP contribution in [0.1, 0.15) is 44.2 Å². The Morgan fingerprint density at radius 2 is 2.50 bits per heavy atom. The van der Waals surface area contributed by atoms with E-state index in [-0.39, 0.29) is 11.9 Å². The number of hydrogen-bond donors (Lipinski definition) is 0. The molecule has 0 radical (unpaired) electrons. The molecule has 16 heavy (non-hydrogen) atoms. The molecule has 3 nitrogen and oxygen atoms in total. The molecule has 0 bridgehead atoms. The second kappa shape index (κ2) is 5.10. The summed E-state index contributed by atoms with van der Waals surface area (Å²) < 4.78 is 0. The quantitative estimate of drug-likeness (QED) is 0.781. The van der Waals surface area contributed by atoms with Gasteiger partial charge in [-0.25, -0.2) is 0 Å². The van der Waals surface area contributed by atoms with E-state index in [2.05, 4.69) is 11.1 Å². The fourth-order valence-corrected chi connectivity index (χ4v) is 2.34. The highest BCUT2D eigenvalue weighted by Crippen LogP contribution is 2.31. The predicted molar refractivity (Wildman–Crippen MR) is 62.8 cm³/mol. The first-order chi connectivity index (χ1) is 7.83. The Bertz CT molecular complexity index is 350. The fraction of sp³-hybridized carbons (Fsp3) is 0.538. The van der Waals surface area contributed by atoms with E-state index < -0.39 is 0 Å². The standard InChI is InChI=1S/C13H18N2O/c1-2-5-13(16)15-9-4-7-12(15)11-6-3-8-14-10-11/h3,6,8,10,12H,2,4-5,7,9H2,1H3. The number of rotatable bonds is 3. The lowest BCUT2D eigenvalue weighted by Crippen LogP contribution is -2.30. The van der Waals surface area contributed by atoms with Gasteiger partial charge in [0.25, 0.3) is 0 Å². The summed E-state index contributed by atoms with van der Waals surface area (Å²) in [5, 5.41) is 0. The van der Waals surface area contributed by atoms with Gasteiger partial charge in [-0.15, -0.1) is 0 Å². The van der Waals surface area contributed by atoms with Crippen molar-refractivity contribution in [1.82, 2.24) is 9.88 Å². The van der Waals surface area contributed by atoms with Crippen LogP contribution in [0.15, 0.2) is 24.5 Å². The molecule has 2 rings (SSSR count). The van der Waals surface area contributed by atoms with Gasteiger partial charge in [0.05, 0.1) is 6.04 Å². The molecule has 0 aliphatic carbocycles. The smallest absolute Gasteiger partial charge is 0.223 e. The summed E-state index contributed by atoms with van der Waals surface area (Å²) >= 11 is 0. The van der Waals surface area contributed by atoms with E-state index in [1.807, 2.05) is 24.1 Å². The molecule has 0 aromatic carbocycles. The zero-order valence-electron chi connectivity index (χ0n) is 9.72. The number of hydrogen-bond acceptors (Lipinski definition) is 2. The van der Waals surface area contributed by atoms with E-state index in [1.165, 1.54) is 5.56 Å². The summed E-state index contributed by atoms with van der Waals surface area (Å²) in [5.74, 6) is 0.286. The highest BCUT2D eigenvalue weighted by Gasteiger charge is 2.29. The molecular formula is C13H18N2O. The summed E-state index contributed by atoms with van der Waals surface area (Å²) in [7, 11) is 0. The molecule has 1 unspecified atom stereocenters. The lowest BCUT2D eigenvalue weighted by molar-refractivity contribution is -0.132. The average molecular weight is 218 g/mol. The zero-order chi connectivity index (χ0) is 11.4. The molecule has 0 spiro atoms. The van der Waals surface area contributed by atoms with Crippen LogP contribution in [0.4, 0.5) is 0 Å². The Morgan fingerprint density at radius 3 is 3.19 bits per heavy atom. The minimum absolute atomic E-state index is 0.257. The number of likely N-dealkylation sites (tertiary alicyclic amines) is 1. The van der Waals surface area contributed by atoms with E-state index in [9.17, 15) is 4.79 Å². The lowest BCUT2D eigenvalue weighted by atomic mass is 10.1. The zero-order valence-corrected chi connectivity index (χ0v) is 9.72. The maximum absolute atomic E-state index is 11.9. The fourth-order valence-electron chi connectivity index (χ4n) is 2.34. The number of carbonyl (C=O) groups is 1. The van der Waals surface area contributed by atoms with Crippen LogP contribution >= 0.6 is 0 Å². The highest BCUT2D eigenvalue weighted by molar-refractivity contribution is 5.77. The van der Waals surface area contributed by atoms with Crippen molar-refractivity contribution in [2.45, 2.75) is 38.6 Å². The maximum atomic E-state index is 11.9. The molecule has 1 aliphatic heterocycles. The van der Waals surface area contributed by atoms with Crippen molar-refractivity contribution in [2.75, 3.05) is 6.54 Å². The van der Waals surface area contributed by atoms with Gasteiger partial charge in [0.1, 0.15) is 0 Å². The van der Waals surface area contributed by atoms with E-state index >= 15 is 0 Å². The van der Waals surface area contributed by atoms with E-state index in [4.69, 9.17) is 0 Å². The SMILES string of the molecule is CCCC(=O)N1CCCC1c1cccnc1. The minimum atomic E-state index is 0.257. The second-order valence-electron chi connectivity index (χ2n) is 4.28. The van der Waals surface area contributed by atoms with Crippen LogP contribution in [0.2, 0.25) is 0 Å². The van der Waals surface area contributed by atoms with Crippen molar-refractivity contribution < 1.29 is 4.79 Å². The summed E-state index contributed by atoms with van der Waals surface area (Å²) in [5.41, 5.74) is 1.17. The third-order valence-corrected chi connectivity index (χ3v) is 3.11. The first-order valence-electron chi connectivity index (χ1n) is 6.02. The van der Waals surface area contributed by atoms with E-state index in [0.29, 0.717) is 6.42 Å². The third-order valence-electron chi connectivity index (χ3n) is 3.11. The van der Waals surface area contributed by atoms with Gasteiger partial charge < -0.3 is 4.90 Å². The van der Waals surface area contributed by atoms with Crippen molar-refractivity contribution in [3.05, 3.63) is 30.1 Å². The lowest BCUT2D eigenvalue weighted by Gasteiger charge is -2.24. The molecule has 1 fully saturated rings.